The Labute approximate surface area is 181 Å². The monoisotopic (exact) mass is 480 g/mol. The average Bonchev–Trinajstić information content (AvgIpc) is 3.06. The molecule has 0 N–H and O–H groups in total. The quantitative estimate of drug-likeness (QED) is 0.270. The van der Waals surface area contributed by atoms with E-state index >= 15 is 0 Å². The Bertz CT molecular complexity index is 1010. The van der Waals surface area contributed by atoms with Gasteiger partial charge in [-0.3, -0.25) is 0 Å². The maximum Gasteiger partial charge on any atom is 0.509 e. The van der Waals surface area contributed by atoms with Crippen molar-refractivity contribution < 1.29 is 40.4 Å². The van der Waals surface area contributed by atoms with Crippen molar-refractivity contribution in [2.45, 2.75) is 49.3 Å². The van der Waals surface area contributed by atoms with E-state index in [0.29, 0.717) is 0 Å². The van der Waals surface area contributed by atoms with Crippen LogP contribution in [0.4, 0.5) is 18.0 Å². The molecule has 1 aliphatic heterocycles. The predicted octanol–water partition coefficient (Wildman–Crippen LogP) is 4.59. The first-order valence-corrected chi connectivity index (χ1v) is 12.2. The highest BCUT2D eigenvalue weighted by Gasteiger charge is 2.39. The molecule has 0 spiro atoms. The minimum absolute atomic E-state index is 0.0350. The molecule has 0 aromatic heterocycles. The lowest BCUT2D eigenvalue weighted by molar-refractivity contribution is -0.0518. The molecule has 31 heavy (non-hydrogen) atoms. The molecule has 3 rings (SSSR count). The van der Waals surface area contributed by atoms with Crippen LogP contribution in [0.25, 0.3) is 10.8 Å². The Morgan fingerprint density at radius 2 is 1.68 bits per heavy atom. The second kappa shape index (κ2) is 9.66. The van der Waals surface area contributed by atoms with Gasteiger partial charge in [0.05, 0.1) is 0 Å². The largest absolute Gasteiger partial charge is 0.741 e. The number of benzene rings is 2. The van der Waals surface area contributed by atoms with Crippen molar-refractivity contribution in [3.8, 4) is 0 Å². The summed E-state index contributed by atoms with van der Waals surface area (Å²) in [6.45, 7) is 5.55. The first kappa shape index (κ1) is 25.3. The molecular weight excluding hydrogens is 457 g/mol. The number of fused-ring (bicyclic) bond motifs is 1. The van der Waals surface area contributed by atoms with Gasteiger partial charge in [0.15, 0.2) is 26.9 Å². The standard InChI is InChI=1S/C19H23O3S.CHF3O3S/c1-19(2,3)22-18(20)21-15-11-12-23(13-15)17-10-6-8-14-7-4-5-9-16(14)17;2-1(3,4)8(5,6)7/h4-10,15H,11-13H2,1-3H3;(H,5,6,7)/q+1;/p-1. The summed E-state index contributed by atoms with van der Waals surface area (Å²) >= 11 is 0. The number of alkyl halides is 3. The van der Waals surface area contributed by atoms with E-state index in [2.05, 4.69) is 42.5 Å². The number of rotatable bonds is 2. The van der Waals surface area contributed by atoms with Crippen molar-refractivity contribution in [1.82, 2.24) is 0 Å². The lowest BCUT2D eigenvalue weighted by Crippen LogP contribution is -2.28. The van der Waals surface area contributed by atoms with Gasteiger partial charge >= 0.3 is 11.7 Å². The molecule has 0 bridgehead atoms. The Hall–Kier alpha value is -1.98. The van der Waals surface area contributed by atoms with Crippen molar-refractivity contribution in [3.05, 3.63) is 42.5 Å². The Kier molecular flexibility index (Phi) is 7.88. The predicted molar refractivity (Wildman–Crippen MR) is 111 cm³/mol. The molecule has 0 radical (unpaired) electrons. The molecule has 1 saturated heterocycles. The number of carbonyl (C=O) groups excluding carboxylic acids is 1. The van der Waals surface area contributed by atoms with Crippen molar-refractivity contribution in [1.29, 1.82) is 0 Å². The second-order valence-corrected chi connectivity index (χ2v) is 11.3. The van der Waals surface area contributed by atoms with Gasteiger partial charge in [-0.15, -0.1) is 0 Å². The van der Waals surface area contributed by atoms with Gasteiger partial charge in [-0.1, -0.05) is 30.3 Å². The molecule has 1 heterocycles. The molecule has 2 atom stereocenters. The summed E-state index contributed by atoms with van der Waals surface area (Å²) in [6, 6.07) is 15.0. The van der Waals surface area contributed by atoms with E-state index in [4.69, 9.17) is 22.4 Å². The fraction of sp³-hybridized carbons (Fsp3) is 0.450. The van der Waals surface area contributed by atoms with Crippen LogP contribution < -0.4 is 0 Å². The van der Waals surface area contributed by atoms with Crippen LogP contribution in [0.5, 0.6) is 0 Å². The summed E-state index contributed by atoms with van der Waals surface area (Å²) < 4.78 is 69.7. The normalized spacial score (nSPS) is 19.5. The third-order valence-electron chi connectivity index (χ3n) is 4.07. The zero-order valence-electron chi connectivity index (χ0n) is 17.1. The minimum Gasteiger partial charge on any atom is -0.741 e. The van der Waals surface area contributed by atoms with E-state index in [-0.39, 0.29) is 17.0 Å². The fourth-order valence-corrected chi connectivity index (χ4v) is 5.38. The van der Waals surface area contributed by atoms with Gasteiger partial charge in [0.1, 0.15) is 11.4 Å². The highest BCUT2D eigenvalue weighted by molar-refractivity contribution is 7.97. The van der Waals surface area contributed by atoms with Crippen molar-refractivity contribution in [3.63, 3.8) is 0 Å². The summed E-state index contributed by atoms with van der Waals surface area (Å²) in [4.78, 5) is 13.2. The van der Waals surface area contributed by atoms with E-state index in [1.807, 2.05) is 20.8 Å². The lowest BCUT2D eigenvalue weighted by atomic mass is 10.1. The van der Waals surface area contributed by atoms with Crippen LogP contribution in [0.15, 0.2) is 47.4 Å². The molecule has 1 fully saturated rings. The van der Waals surface area contributed by atoms with Crippen LogP contribution in [-0.2, 0) is 30.5 Å². The van der Waals surface area contributed by atoms with Gasteiger partial charge < -0.3 is 14.0 Å². The molecule has 11 heteroatoms. The van der Waals surface area contributed by atoms with Gasteiger partial charge in [0.2, 0.25) is 0 Å². The SMILES string of the molecule is CC(C)(C)OC(=O)OC1CC[S+](c2cccc3ccccc23)C1.O=S(=O)([O-])C(F)(F)F. The van der Waals surface area contributed by atoms with Gasteiger partial charge in [-0.2, -0.15) is 13.2 Å². The zero-order valence-corrected chi connectivity index (χ0v) is 18.8. The van der Waals surface area contributed by atoms with Gasteiger partial charge in [-0.05, 0) is 38.3 Å². The highest BCUT2D eigenvalue weighted by Crippen LogP contribution is 2.31. The maximum atomic E-state index is 11.8. The number of carbonyl (C=O) groups is 1. The first-order valence-electron chi connectivity index (χ1n) is 9.24. The highest BCUT2D eigenvalue weighted by atomic mass is 32.2. The molecule has 0 saturated carbocycles. The minimum atomic E-state index is -6.09. The van der Waals surface area contributed by atoms with Gasteiger partial charge in [0, 0.05) is 22.7 Å². The smallest absolute Gasteiger partial charge is 0.509 e. The summed E-state index contributed by atoms with van der Waals surface area (Å²) in [5.41, 5.74) is -6.15. The first-order chi connectivity index (χ1) is 14.2. The van der Waals surface area contributed by atoms with Crippen molar-refractivity contribution in [2.24, 2.45) is 0 Å². The summed E-state index contributed by atoms with van der Waals surface area (Å²) in [5, 5.41) is 2.59. The van der Waals surface area contributed by atoms with Gasteiger partial charge in [0.25, 0.3) is 0 Å². The molecule has 2 aromatic carbocycles. The van der Waals surface area contributed by atoms with Crippen LogP contribution in [0.2, 0.25) is 0 Å². The third kappa shape index (κ3) is 7.58. The Morgan fingerprint density at radius 3 is 2.26 bits per heavy atom. The second-order valence-electron chi connectivity index (χ2n) is 7.73. The van der Waals surface area contributed by atoms with Crippen LogP contribution in [0, 0.1) is 0 Å². The summed E-state index contributed by atoms with van der Waals surface area (Å²) in [7, 11) is -5.96. The molecule has 2 aromatic rings. The van der Waals surface area contributed by atoms with Crippen LogP contribution in [0.3, 0.4) is 0 Å². The lowest BCUT2D eigenvalue weighted by Gasteiger charge is -2.19. The van der Waals surface area contributed by atoms with Crippen molar-refractivity contribution in [2.75, 3.05) is 11.5 Å². The summed E-state index contributed by atoms with van der Waals surface area (Å²) in [6.07, 6.45) is 0.323. The Balaban J connectivity index is 0.000000366. The van der Waals surface area contributed by atoms with E-state index in [1.165, 1.54) is 15.7 Å². The topological polar surface area (TPSA) is 92.7 Å². The zero-order chi connectivity index (χ0) is 23.4. The van der Waals surface area contributed by atoms with E-state index in [1.54, 1.807) is 0 Å². The van der Waals surface area contributed by atoms with Crippen molar-refractivity contribution >= 4 is 37.9 Å². The van der Waals surface area contributed by atoms with E-state index in [0.717, 1.165) is 17.9 Å². The van der Waals surface area contributed by atoms with Gasteiger partial charge in [-0.25, -0.2) is 13.2 Å². The summed E-state index contributed by atoms with van der Waals surface area (Å²) in [5.74, 6) is 1.97. The molecule has 0 amide bonds. The Morgan fingerprint density at radius 1 is 1.10 bits per heavy atom. The molecular formula is C20H23F3O6S2. The van der Waals surface area contributed by atoms with Crippen LogP contribution >= 0.6 is 0 Å². The van der Waals surface area contributed by atoms with Crippen LogP contribution in [0.1, 0.15) is 27.2 Å². The average molecular weight is 481 g/mol. The molecule has 0 aliphatic carbocycles. The number of hydrogen-bond donors (Lipinski definition) is 0. The number of ether oxygens (including phenoxy) is 2. The molecule has 172 valence electrons. The van der Waals surface area contributed by atoms with E-state index < -0.39 is 27.4 Å². The molecule has 2 unspecified atom stereocenters. The third-order valence-corrected chi connectivity index (χ3v) is 7.12. The molecule has 1 aliphatic rings. The maximum absolute atomic E-state index is 11.8. The number of hydrogen-bond acceptors (Lipinski definition) is 6. The fourth-order valence-electron chi connectivity index (χ4n) is 2.82. The molecule has 6 nitrogen and oxygen atoms in total. The van der Waals surface area contributed by atoms with E-state index in [9.17, 15) is 18.0 Å². The number of halogens is 3. The van der Waals surface area contributed by atoms with Crippen LogP contribution in [-0.4, -0.2) is 47.8 Å².